The van der Waals surface area contributed by atoms with E-state index >= 15 is 0 Å². The summed E-state index contributed by atoms with van der Waals surface area (Å²) < 4.78 is 5.11. The highest BCUT2D eigenvalue weighted by atomic mass is 16.6. The Bertz CT molecular complexity index is 114. The lowest BCUT2D eigenvalue weighted by Gasteiger charge is -1.90. The van der Waals surface area contributed by atoms with E-state index in [0.29, 0.717) is 6.10 Å². The van der Waals surface area contributed by atoms with Crippen molar-refractivity contribution in [2.24, 2.45) is 0 Å². The van der Waals surface area contributed by atoms with Crippen LogP contribution in [-0.2, 0) is 4.74 Å². The maximum atomic E-state index is 5.11. The van der Waals surface area contributed by atoms with Crippen LogP contribution < -0.4 is 0 Å². The number of epoxide rings is 1. The SMILES string of the molecule is CCCC=CCCCC1CO1. The molecule has 0 aromatic rings. The zero-order chi connectivity index (χ0) is 7.94. The molecule has 1 rings (SSSR count). The quantitative estimate of drug-likeness (QED) is 0.325. The van der Waals surface area contributed by atoms with E-state index in [1.165, 1.54) is 32.1 Å². The lowest BCUT2D eigenvalue weighted by Crippen LogP contribution is -1.82. The Kier molecular flexibility index (Phi) is 4.29. The highest BCUT2D eigenvalue weighted by Crippen LogP contribution is 2.16. The van der Waals surface area contributed by atoms with Crippen molar-refractivity contribution in [3.05, 3.63) is 12.2 Å². The summed E-state index contributed by atoms with van der Waals surface area (Å²) in [5.74, 6) is 0. The average molecular weight is 154 g/mol. The predicted molar refractivity (Wildman–Crippen MR) is 47.6 cm³/mol. The minimum absolute atomic E-state index is 0.620. The lowest BCUT2D eigenvalue weighted by atomic mass is 10.2. The lowest BCUT2D eigenvalue weighted by molar-refractivity contribution is 0.392. The van der Waals surface area contributed by atoms with Gasteiger partial charge in [-0.1, -0.05) is 25.5 Å². The maximum Gasteiger partial charge on any atom is 0.0810 e. The van der Waals surface area contributed by atoms with Crippen LogP contribution >= 0.6 is 0 Å². The van der Waals surface area contributed by atoms with Gasteiger partial charge >= 0.3 is 0 Å². The Hall–Kier alpha value is -0.300. The van der Waals surface area contributed by atoms with E-state index in [4.69, 9.17) is 4.74 Å². The average Bonchev–Trinajstić information content (AvgIpc) is 2.80. The molecule has 1 nitrogen and oxygen atoms in total. The number of ether oxygens (including phenoxy) is 1. The number of allylic oxidation sites excluding steroid dienone is 2. The topological polar surface area (TPSA) is 12.5 Å². The smallest absolute Gasteiger partial charge is 0.0810 e. The monoisotopic (exact) mass is 154 g/mol. The second-order valence-electron chi connectivity index (χ2n) is 3.15. The van der Waals surface area contributed by atoms with Crippen molar-refractivity contribution in [3.63, 3.8) is 0 Å². The number of hydrogen-bond acceptors (Lipinski definition) is 1. The van der Waals surface area contributed by atoms with Crippen molar-refractivity contribution in [2.45, 2.75) is 45.1 Å². The van der Waals surface area contributed by atoms with Crippen molar-refractivity contribution < 1.29 is 4.74 Å². The molecule has 0 radical (unpaired) electrons. The molecule has 0 N–H and O–H groups in total. The van der Waals surface area contributed by atoms with Gasteiger partial charge in [-0.05, 0) is 25.7 Å². The van der Waals surface area contributed by atoms with E-state index in [-0.39, 0.29) is 0 Å². The van der Waals surface area contributed by atoms with E-state index in [0.717, 1.165) is 6.61 Å². The molecular formula is C10H18O. The van der Waals surface area contributed by atoms with Crippen LogP contribution in [0.2, 0.25) is 0 Å². The van der Waals surface area contributed by atoms with Crippen LogP contribution in [0.15, 0.2) is 12.2 Å². The standard InChI is InChI=1S/C10H18O/c1-2-3-4-5-6-7-8-10-9-11-10/h4-5,10H,2-3,6-9H2,1H3. The molecule has 0 amide bonds. The predicted octanol–water partition coefficient (Wildman–Crippen LogP) is 2.91. The van der Waals surface area contributed by atoms with Crippen LogP contribution in [0.4, 0.5) is 0 Å². The maximum absolute atomic E-state index is 5.11. The molecular weight excluding hydrogens is 136 g/mol. The molecule has 1 heterocycles. The summed E-state index contributed by atoms with van der Waals surface area (Å²) in [5.41, 5.74) is 0. The third-order valence-corrected chi connectivity index (χ3v) is 1.92. The van der Waals surface area contributed by atoms with Gasteiger partial charge in [0.15, 0.2) is 0 Å². The Morgan fingerprint density at radius 1 is 1.36 bits per heavy atom. The van der Waals surface area contributed by atoms with Gasteiger partial charge < -0.3 is 4.74 Å². The van der Waals surface area contributed by atoms with Crippen LogP contribution in [0.5, 0.6) is 0 Å². The fourth-order valence-corrected chi connectivity index (χ4v) is 1.10. The normalized spacial score (nSPS) is 22.8. The molecule has 0 aliphatic carbocycles. The molecule has 1 heteroatoms. The Morgan fingerprint density at radius 3 is 2.73 bits per heavy atom. The van der Waals surface area contributed by atoms with Crippen LogP contribution in [0.25, 0.3) is 0 Å². The molecule has 1 atom stereocenters. The zero-order valence-corrected chi connectivity index (χ0v) is 7.38. The minimum atomic E-state index is 0.620. The second kappa shape index (κ2) is 5.36. The van der Waals surface area contributed by atoms with E-state index in [9.17, 15) is 0 Å². The van der Waals surface area contributed by atoms with Gasteiger partial charge in [-0.15, -0.1) is 0 Å². The summed E-state index contributed by atoms with van der Waals surface area (Å²) in [7, 11) is 0. The van der Waals surface area contributed by atoms with E-state index in [2.05, 4.69) is 19.1 Å². The summed E-state index contributed by atoms with van der Waals surface area (Å²) in [4.78, 5) is 0. The summed E-state index contributed by atoms with van der Waals surface area (Å²) >= 11 is 0. The number of hydrogen-bond donors (Lipinski definition) is 0. The first-order valence-corrected chi connectivity index (χ1v) is 4.70. The molecule has 0 aromatic heterocycles. The van der Waals surface area contributed by atoms with Gasteiger partial charge in [-0.25, -0.2) is 0 Å². The second-order valence-corrected chi connectivity index (χ2v) is 3.15. The fourth-order valence-electron chi connectivity index (χ4n) is 1.10. The third-order valence-electron chi connectivity index (χ3n) is 1.92. The third kappa shape index (κ3) is 5.02. The van der Waals surface area contributed by atoms with Gasteiger partial charge in [0.25, 0.3) is 0 Å². The fraction of sp³-hybridized carbons (Fsp3) is 0.800. The minimum Gasteiger partial charge on any atom is -0.373 e. The molecule has 0 bridgehead atoms. The van der Waals surface area contributed by atoms with Gasteiger partial charge in [0.05, 0.1) is 12.7 Å². The summed E-state index contributed by atoms with van der Waals surface area (Å²) in [6, 6.07) is 0. The Balaban J connectivity index is 1.78. The molecule has 0 saturated carbocycles. The molecule has 1 unspecified atom stereocenters. The van der Waals surface area contributed by atoms with Gasteiger partial charge in [0, 0.05) is 0 Å². The van der Waals surface area contributed by atoms with Crippen molar-refractivity contribution in [1.29, 1.82) is 0 Å². The number of unbranched alkanes of at least 4 members (excludes halogenated alkanes) is 2. The Morgan fingerprint density at radius 2 is 2.09 bits per heavy atom. The van der Waals surface area contributed by atoms with Crippen molar-refractivity contribution >= 4 is 0 Å². The molecule has 1 fully saturated rings. The van der Waals surface area contributed by atoms with Crippen LogP contribution in [0, 0.1) is 0 Å². The molecule has 1 saturated heterocycles. The van der Waals surface area contributed by atoms with Crippen LogP contribution in [-0.4, -0.2) is 12.7 Å². The van der Waals surface area contributed by atoms with Crippen molar-refractivity contribution in [3.8, 4) is 0 Å². The first-order valence-electron chi connectivity index (χ1n) is 4.70. The first-order chi connectivity index (χ1) is 5.43. The molecule has 11 heavy (non-hydrogen) atoms. The van der Waals surface area contributed by atoms with Gasteiger partial charge in [0.2, 0.25) is 0 Å². The number of rotatable bonds is 6. The van der Waals surface area contributed by atoms with Gasteiger partial charge in [-0.2, -0.15) is 0 Å². The molecule has 64 valence electrons. The Labute approximate surface area is 69.4 Å². The van der Waals surface area contributed by atoms with Gasteiger partial charge in [0.1, 0.15) is 0 Å². The largest absolute Gasteiger partial charge is 0.373 e. The molecule has 0 aromatic carbocycles. The van der Waals surface area contributed by atoms with Crippen molar-refractivity contribution in [2.75, 3.05) is 6.61 Å². The zero-order valence-electron chi connectivity index (χ0n) is 7.38. The van der Waals surface area contributed by atoms with Crippen LogP contribution in [0.3, 0.4) is 0 Å². The highest BCUT2D eigenvalue weighted by molar-refractivity contribution is 4.81. The van der Waals surface area contributed by atoms with E-state index in [1.54, 1.807) is 0 Å². The summed E-state index contributed by atoms with van der Waals surface area (Å²) in [6.45, 7) is 3.22. The molecule has 1 aliphatic heterocycles. The van der Waals surface area contributed by atoms with E-state index in [1.807, 2.05) is 0 Å². The molecule has 0 spiro atoms. The van der Waals surface area contributed by atoms with Crippen LogP contribution in [0.1, 0.15) is 39.0 Å². The first kappa shape index (κ1) is 8.79. The van der Waals surface area contributed by atoms with E-state index < -0.39 is 0 Å². The summed E-state index contributed by atoms with van der Waals surface area (Å²) in [5, 5.41) is 0. The highest BCUT2D eigenvalue weighted by Gasteiger charge is 2.20. The summed E-state index contributed by atoms with van der Waals surface area (Å²) in [6.07, 6.45) is 11.5. The van der Waals surface area contributed by atoms with Crippen molar-refractivity contribution in [1.82, 2.24) is 0 Å². The van der Waals surface area contributed by atoms with Gasteiger partial charge in [-0.3, -0.25) is 0 Å². The molecule has 1 aliphatic rings.